The van der Waals surface area contributed by atoms with E-state index in [0.717, 1.165) is 31.6 Å². The molecule has 0 aliphatic carbocycles. The summed E-state index contributed by atoms with van der Waals surface area (Å²) in [7, 11) is 0. The van der Waals surface area contributed by atoms with Crippen molar-refractivity contribution in [1.29, 1.82) is 0 Å². The second-order valence-electron chi connectivity index (χ2n) is 4.76. The monoisotopic (exact) mass is 267 g/mol. The van der Waals surface area contributed by atoms with Crippen LogP contribution >= 0.6 is 0 Å². The minimum Gasteiger partial charge on any atom is -0.409 e. The van der Waals surface area contributed by atoms with Gasteiger partial charge in [0.25, 0.3) is 0 Å². The summed E-state index contributed by atoms with van der Waals surface area (Å²) in [6.07, 6.45) is 1.74. The number of nitrogens with zero attached hydrogens (tertiary/aromatic N) is 2. The number of aliphatic hydroxyl groups is 1. The molecule has 19 heavy (non-hydrogen) atoms. The molecule has 1 aliphatic heterocycles. The molecule has 0 radical (unpaired) electrons. The SMILES string of the molecule is N/C(=N/O)c1cc(F)ccc1N1CCC(CCO)C1. The van der Waals surface area contributed by atoms with Crippen LogP contribution in [0.5, 0.6) is 0 Å². The van der Waals surface area contributed by atoms with Gasteiger partial charge in [-0.05, 0) is 37.0 Å². The second-order valence-corrected chi connectivity index (χ2v) is 4.76. The largest absolute Gasteiger partial charge is 0.409 e. The van der Waals surface area contributed by atoms with Gasteiger partial charge in [0, 0.05) is 30.9 Å². The first-order valence-corrected chi connectivity index (χ1v) is 6.29. The van der Waals surface area contributed by atoms with Gasteiger partial charge in [-0.15, -0.1) is 0 Å². The summed E-state index contributed by atoms with van der Waals surface area (Å²) in [5, 5.41) is 20.7. The fourth-order valence-corrected chi connectivity index (χ4v) is 2.51. The lowest BCUT2D eigenvalue weighted by Gasteiger charge is -2.21. The molecule has 0 saturated carbocycles. The summed E-state index contributed by atoms with van der Waals surface area (Å²) in [4.78, 5) is 2.08. The molecule has 0 aromatic heterocycles. The van der Waals surface area contributed by atoms with Crippen LogP contribution in [0.2, 0.25) is 0 Å². The molecule has 1 fully saturated rings. The van der Waals surface area contributed by atoms with Crippen molar-refractivity contribution in [3.8, 4) is 0 Å². The van der Waals surface area contributed by atoms with Crippen LogP contribution in [0.25, 0.3) is 0 Å². The molecule has 1 unspecified atom stereocenters. The predicted octanol–water partition coefficient (Wildman–Crippen LogP) is 1.13. The first kappa shape index (κ1) is 13.6. The average Bonchev–Trinajstić information content (AvgIpc) is 2.86. The van der Waals surface area contributed by atoms with Crippen molar-refractivity contribution in [3.05, 3.63) is 29.6 Å². The number of halogens is 1. The number of aliphatic hydroxyl groups excluding tert-OH is 1. The fraction of sp³-hybridized carbons (Fsp3) is 0.462. The van der Waals surface area contributed by atoms with Crippen molar-refractivity contribution in [1.82, 2.24) is 0 Å². The van der Waals surface area contributed by atoms with Gasteiger partial charge in [0.05, 0.1) is 0 Å². The van der Waals surface area contributed by atoms with E-state index in [1.807, 2.05) is 0 Å². The van der Waals surface area contributed by atoms with Crippen molar-refractivity contribution in [2.75, 3.05) is 24.6 Å². The number of benzene rings is 1. The Labute approximate surface area is 111 Å². The summed E-state index contributed by atoms with van der Waals surface area (Å²) in [5.74, 6) is -0.0910. The van der Waals surface area contributed by atoms with Gasteiger partial charge < -0.3 is 20.9 Å². The lowest BCUT2D eigenvalue weighted by atomic mass is 10.1. The molecule has 6 heteroatoms. The van der Waals surface area contributed by atoms with Crippen LogP contribution in [0.1, 0.15) is 18.4 Å². The molecule has 104 valence electrons. The van der Waals surface area contributed by atoms with Gasteiger partial charge in [-0.25, -0.2) is 4.39 Å². The molecule has 1 aromatic carbocycles. The van der Waals surface area contributed by atoms with Gasteiger partial charge in [0.15, 0.2) is 5.84 Å². The topological polar surface area (TPSA) is 82.1 Å². The van der Waals surface area contributed by atoms with Crippen LogP contribution in [-0.4, -0.2) is 35.8 Å². The lowest BCUT2D eigenvalue weighted by molar-refractivity contribution is 0.263. The molecule has 1 heterocycles. The van der Waals surface area contributed by atoms with E-state index in [9.17, 15) is 4.39 Å². The molecule has 5 nitrogen and oxygen atoms in total. The van der Waals surface area contributed by atoms with Gasteiger partial charge in [0.1, 0.15) is 5.82 Å². The van der Waals surface area contributed by atoms with Crippen LogP contribution in [0, 0.1) is 11.7 Å². The van der Waals surface area contributed by atoms with Gasteiger partial charge in [0.2, 0.25) is 0 Å². The van der Waals surface area contributed by atoms with E-state index >= 15 is 0 Å². The molecule has 4 N–H and O–H groups in total. The number of rotatable bonds is 4. The van der Waals surface area contributed by atoms with Crippen molar-refractivity contribution >= 4 is 11.5 Å². The van der Waals surface area contributed by atoms with Gasteiger partial charge in [-0.1, -0.05) is 5.16 Å². The minimum atomic E-state index is -0.420. The third-order valence-electron chi connectivity index (χ3n) is 3.51. The highest BCUT2D eigenvalue weighted by Crippen LogP contribution is 2.28. The van der Waals surface area contributed by atoms with Crippen molar-refractivity contribution in [3.63, 3.8) is 0 Å². The first-order chi connectivity index (χ1) is 9.15. The molecule has 1 aliphatic rings. The van der Waals surface area contributed by atoms with E-state index in [4.69, 9.17) is 16.0 Å². The zero-order valence-electron chi connectivity index (χ0n) is 10.6. The zero-order valence-corrected chi connectivity index (χ0v) is 10.6. The van der Waals surface area contributed by atoms with Crippen LogP contribution in [0.15, 0.2) is 23.4 Å². The Balaban J connectivity index is 2.25. The Morgan fingerprint density at radius 3 is 3.00 bits per heavy atom. The highest BCUT2D eigenvalue weighted by molar-refractivity contribution is 6.02. The highest BCUT2D eigenvalue weighted by atomic mass is 19.1. The van der Waals surface area contributed by atoms with Crippen LogP contribution < -0.4 is 10.6 Å². The first-order valence-electron chi connectivity index (χ1n) is 6.29. The molecular weight excluding hydrogens is 249 g/mol. The summed E-state index contributed by atoms with van der Waals surface area (Å²) in [6, 6.07) is 4.27. The minimum absolute atomic E-state index is 0.0971. The Bertz CT molecular complexity index is 479. The Kier molecular flexibility index (Phi) is 4.21. The van der Waals surface area contributed by atoms with E-state index in [0.29, 0.717) is 11.5 Å². The van der Waals surface area contributed by atoms with Crippen molar-refractivity contribution in [2.24, 2.45) is 16.8 Å². The van der Waals surface area contributed by atoms with Gasteiger partial charge in [-0.3, -0.25) is 0 Å². The van der Waals surface area contributed by atoms with Crippen LogP contribution in [0.4, 0.5) is 10.1 Å². The summed E-state index contributed by atoms with van der Waals surface area (Å²) in [5.41, 5.74) is 6.75. The number of amidine groups is 1. The zero-order chi connectivity index (χ0) is 13.8. The van der Waals surface area contributed by atoms with E-state index in [1.165, 1.54) is 12.1 Å². The Morgan fingerprint density at radius 2 is 2.32 bits per heavy atom. The van der Waals surface area contributed by atoms with Crippen LogP contribution in [0.3, 0.4) is 0 Å². The number of nitrogens with two attached hydrogens (primary N) is 1. The number of hydrogen-bond acceptors (Lipinski definition) is 4. The standard InChI is InChI=1S/C13H18FN3O2/c14-10-1-2-12(11(7-10)13(15)16-19)17-5-3-9(8-17)4-6-18/h1-2,7,9,18-19H,3-6,8H2,(H2,15,16). The molecule has 0 spiro atoms. The smallest absolute Gasteiger partial charge is 0.172 e. The van der Waals surface area contributed by atoms with Gasteiger partial charge in [-0.2, -0.15) is 0 Å². The lowest BCUT2D eigenvalue weighted by Crippen LogP contribution is -2.25. The summed E-state index contributed by atoms with van der Waals surface area (Å²) < 4.78 is 13.3. The van der Waals surface area contributed by atoms with E-state index < -0.39 is 5.82 Å². The van der Waals surface area contributed by atoms with E-state index in [1.54, 1.807) is 6.07 Å². The molecule has 2 rings (SSSR count). The maximum atomic E-state index is 13.3. The molecule has 0 amide bonds. The number of oxime groups is 1. The number of anilines is 1. The van der Waals surface area contributed by atoms with E-state index in [2.05, 4.69) is 10.1 Å². The molecule has 1 saturated heterocycles. The Morgan fingerprint density at radius 1 is 1.53 bits per heavy atom. The van der Waals surface area contributed by atoms with Gasteiger partial charge >= 0.3 is 0 Å². The third-order valence-corrected chi connectivity index (χ3v) is 3.51. The maximum absolute atomic E-state index is 13.3. The maximum Gasteiger partial charge on any atom is 0.172 e. The molecular formula is C13H18FN3O2. The third kappa shape index (κ3) is 2.96. The molecule has 0 bridgehead atoms. The fourth-order valence-electron chi connectivity index (χ4n) is 2.51. The summed E-state index contributed by atoms with van der Waals surface area (Å²) in [6.45, 7) is 1.79. The normalized spacial score (nSPS) is 20.0. The average molecular weight is 267 g/mol. The molecule has 1 atom stereocenters. The number of hydrogen-bond donors (Lipinski definition) is 3. The second kappa shape index (κ2) is 5.88. The van der Waals surface area contributed by atoms with Crippen molar-refractivity contribution in [2.45, 2.75) is 12.8 Å². The predicted molar refractivity (Wildman–Crippen MR) is 70.9 cm³/mol. The molecule has 1 aromatic rings. The highest BCUT2D eigenvalue weighted by Gasteiger charge is 2.24. The summed E-state index contributed by atoms with van der Waals surface area (Å²) >= 11 is 0. The Hall–Kier alpha value is -1.82. The van der Waals surface area contributed by atoms with Crippen molar-refractivity contribution < 1.29 is 14.7 Å². The van der Waals surface area contributed by atoms with E-state index in [-0.39, 0.29) is 12.4 Å². The quantitative estimate of drug-likeness (QED) is 0.330. The van der Waals surface area contributed by atoms with Crippen LogP contribution in [-0.2, 0) is 0 Å².